The van der Waals surface area contributed by atoms with Crippen LogP contribution in [0.1, 0.15) is 23.1 Å². The number of primary sulfonamides is 1. The average Bonchev–Trinajstić information content (AvgIpc) is 2.18. The topological polar surface area (TPSA) is 69.4 Å². The average molecular weight is 257 g/mol. The number of hydrogen-bond donors (Lipinski definition) is 1. The van der Waals surface area contributed by atoms with E-state index >= 15 is 0 Å². The number of benzene rings is 1. The van der Waals surface area contributed by atoms with Crippen LogP contribution in [0.4, 0.5) is 0 Å². The van der Waals surface area contributed by atoms with Gasteiger partial charge in [-0.05, 0) is 49.9 Å². The number of hydrogen-bond acceptors (Lipinski definition) is 3. The summed E-state index contributed by atoms with van der Waals surface area (Å²) in [5.41, 5.74) is 3.40. The van der Waals surface area contributed by atoms with Crippen LogP contribution in [-0.2, 0) is 10.0 Å². The first-order valence-electron chi connectivity index (χ1n) is 5.51. The number of sulfonamides is 1. The smallest absolute Gasteiger partial charge is 0.209 e. The van der Waals surface area contributed by atoms with Crippen molar-refractivity contribution in [2.75, 3.05) is 12.4 Å². The first-order chi connectivity index (χ1) is 7.79. The van der Waals surface area contributed by atoms with Gasteiger partial charge in [-0.1, -0.05) is 6.07 Å². The minimum Gasteiger partial charge on any atom is -0.493 e. The van der Waals surface area contributed by atoms with Crippen LogP contribution < -0.4 is 9.88 Å². The van der Waals surface area contributed by atoms with Crippen molar-refractivity contribution in [3.05, 3.63) is 28.8 Å². The second kappa shape index (κ2) is 5.51. The Kier molecular flexibility index (Phi) is 4.54. The predicted octanol–water partition coefficient (Wildman–Crippen LogP) is 1.67. The fraction of sp³-hybridized carbons (Fsp3) is 0.500. The van der Waals surface area contributed by atoms with Gasteiger partial charge in [0.25, 0.3) is 0 Å². The van der Waals surface area contributed by atoms with Crippen LogP contribution in [0.5, 0.6) is 5.75 Å². The van der Waals surface area contributed by atoms with E-state index in [1.807, 2.05) is 26.8 Å². The second-order valence-corrected chi connectivity index (χ2v) is 6.01. The molecule has 0 fully saturated rings. The zero-order chi connectivity index (χ0) is 13.1. The van der Waals surface area contributed by atoms with E-state index in [1.54, 1.807) is 0 Å². The minimum absolute atomic E-state index is 0.0448. The summed E-state index contributed by atoms with van der Waals surface area (Å²) in [6, 6.07) is 4.05. The molecule has 0 unspecified atom stereocenters. The lowest BCUT2D eigenvalue weighted by Gasteiger charge is -2.12. The molecule has 0 radical (unpaired) electrons. The molecule has 0 saturated heterocycles. The van der Waals surface area contributed by atoms with Crippen LogP contribution in [0.25, 0.3) is 0 Å². The maximum atomic E-state index is 10.7. The van der Waals surface area contributed by atoms with Gasteiger partial charge in [0.2, 0.25) is 10.0 Å². The van der Waals surface area contributed by atoms with Gasteiger partial charge in [0.15, 0.2) is 0 Å². The molecule has 0 spiro atoms. The van der Waals surface area contributed by atoms with E-state index in [-0.39, 0.29) is 5.75 Å². The van der Waals surface area contributed by atoms with Gasteiger partial charge in [-0.15, -0.1) is 0 Å². The maximum absolute atomic E-state index is 10.7. The largest absolute Gasteiger partial charge is 0.493 e. The number of ether oxygens (including phenoxy) is 1. The van der Waals surface area contributed by atoms with E-state index in [4.69, 9.17) is 9.88 Å². The molecule has 1 rings (SSSR count). The summed E-state index contributed by atoms with van der Waals surface area (Å²) in [5.74, 6) is 0.772. The van der Waals surface area contributed by atoms with Gasteiger partial charge in [0.05, 0.1) is 12.4 Å². The Bertz CT molecular complexity index is 495. The van der Waals surface area contributed by atoms with Crippen molar-refractivity contribution in [3.63, 3.8) is 0 Å². The predicted molar refractivity (Wildman–Crippen MR) is 68.7 cm³/mol. The molecular formula is C12H19NO3S. The zero-order valence-corrected chi connectivity index (χ0v) is 11.3. The third-order valence-electron chi connectivity index (χ3n) is 2.59. The third kappa shape index (κ3) is 4.75. The van der Waals surface area contributed by atoms with E-state index < -0.39 is 10.0 Å². The van der Waals surface area contributed by atoms with Crippen LogP contribution >= 0.6 is 0 Å². The Morgan fingerprint density at radius 3 is 2.47 bits per heavy atom. The molecule has 1 aromatic rings. The number of nitrogens with two attached hydrogens (primary N) is 1. The summed E-state index contributed by atoms with van der Waals surface area (Å²) in [7, 11) is -3.39. The van der Waals surface area contributed by atoms with Crippen molar-refractivity contribution in [2.24, 2.45) is 5.14 Å². The van der Waals surface area contributed by atoms with E-state index in [0.29, 0.717) is 13.0 Å². The van der Waals surface area contributed by atoms with Gasteiger partial charge in [0.1, 0.15) is 5.75 Å². The molecule has 96 valence electrons. The van der Waals surface area contributed by atoms with Gasteiger partial charge in [0, 0.05) is 0 Å². The van der Waals surface area contributed by atoms with Crippen LogP contribution in [-0.4, -0.2) is 20.8 Å². The molecule has 5 heteroatoms. The summed E-state index contributed by atoms with van der Waals surface area (Å²) in [6.07, 6.45) is 0.408. The lowest BCUT2D eigenvalue weighted by atomic mass is 10.1. The third-order valence-corrected chi connectivity index (χ3v) is 3.45. The molecule has 4 nitrogen and oxygen atoms in total. The van der Waals surface area contributed by atoms with Crippen molar-refractivity contribution in [1.29, 1.82) is 0 Å². The Balaban J connectivity index is 2.58. The molecule has 0 atom stereocenters. The van der Waals surface area contributed by atoms with Gasteiger partial charge in [-0.2, -0.15) is 0 Å². The molecule has 0 aliphatic carbocycles. The van der Waals surface area contributed by atoms with Crippen molar-refractivity contribution >= 4 is 10.0 Å². The van der Waals surface area contributed by atoms with E-state index in [0.717, 1.165) is 16.9 Å². The minimum atomic E-state index is -3.39. The normalized spacial score (nSPS) is 11.5. The Hall–Kier alpha value is -1.07. The highest BCUT2D eigenvalue weighted by Crippen LogP contribution is 2.23. The van der Waals surface area contributed by atoms with E-state index in [2.05, 4.69) is 6.07 Å². The van der Waals surface area contributed by atoms with Gasteiger partial charge < -0.3 is 4.74 Å². The Morgan fingerprint density at radius 1 is 1.24 bits per heavy atom. The van der Waals surface area contributed by atoms with Crippen molar-refractivity contribution in [2.45, 2.75) is 27.2 Å². The first-order valence-corrected chi connectivity index (χ1v) is 7.22. The quantitative estimate of drug-likeness (QED) is 0.816. The fourth-order valence-electron chi connectivity index (χ4n) is 1.59. The standard InChI is InChI=1S/C12H19NO3S/c1-9-7-10(2)11(3)12(8-9)16-5-4-6-17(13,14)15/h7-8H,4-6H2,1-3H3,(H2,13,14,15). The summed E-state index contributed by atoms with van der Waals surface area (Å²) >= 11 is 0. The molecule has 0 aliphatic heterocycles. The van der Waals surface area contributed by atoms with Gasteiger partial charge in [-0.3, -0.25) is 0 Å². The maximum Gasteiger partial charge on any atom is 0.209 e. The van der Waals surface area contributed by atoms with Crippen molar-refractivity contribution < 1.29 is 13.2 Å². The lowest BCUT2D eigenvalue weighted by Crippen LogP contribution is -2.18. The molecule has 0 bridgehead atoms. The number of aryl methyl sites for hydroxylation is 2. The van der Waals surface area contributed by atoms with Crippen molar-refractivity contribution in [1.82, 2.24) is 0 Å². The van der Waals surface area contributed by atoms with Crippen LogP contribution in [0, 0.1) is 20.8 Å². The lowest BCUT2D eigenvalue weighted by molar-refractivity contribution is 0.315. The van der Waals surface area contributed by atoms with Crippen LogP contribution in [0.15, 0.2) is 12.1 Å². The van der Waals surface area contributed by atoms with Gasteiger partial charge in [-0.25, -0.2) is 13.6 Å². The molecule has 0 aromatic heterocycles. The summed E-state index contributed by atoms with van der Waals surface area (Å²) in [6.45, 7) is 6.38. The number of rotatable bonds is 5. The highest BCUT2D eigenvalue weighted by molar-refractivity contribution is 7.89. The van der Waals surface area contributed by atoms with E-state index in [1.165, 1.54) is 5.56 Å². The zero-order valence-electron chi connectivity index (χ0n) is 10.5. The monoisotopic (exact) mass is 257 g/mol. The van der Waals surface area contributed by atoms with Crippen molar-refractivity contribution in [3.8, 4) is 5.75 Å². The summed E-state index contributed by atoms with van der Waals surface area (Å²) in [5, 5.41) is 4.91. The molecule has 0 aliphatic rings. The first kappa shape index (κ1) is 14.0. The fourth-order valence-corrected chi connectivity index (χ4v) is 2.11. The summed E-state index contributed by atoms with van der Waals surface area (Å²) in [4.78, 5) is 0. The van der Waals surface area contributed by atoms with Crippen LogP contribution in [0.3, 0.4) is 0 Å². The van der Waals surface area contributed by atoms with E-state index in [9.17, 15) is 8.42 Å². The molecule has 0 amide bonds. The second-order valence-electron chi connectivity index (χ2n) is 4.27. The summed E-state index contributed by atoms with van der Waals surface area (Å²) < 4.78 is 27.1. The molecule has 1 aromatic carbocycles. The van der Waals surface area contributed by atoms with Gasteiger partial charge >= 0.3 is 0 Å². The highest BCUT2D eigenvalue weighted by atomic mass is 32.2. The SMILES string of the molecule is Cc1cc(C)c(C)c(OCCCS(N)(=O)=O)c1. The molecule has 0 saturated carbocycles. The highest BCUT2D eigenvalue weighted by Gasteiger charge is 2.05. The molecule has 17 heavy (non-hydrogen) atoms. The molecule has 0 heterocycles. The van der Waals surface area contributed by atoms with Crippen LogP contribution in [0.2, 0.25) is 0 Å². The Labute approximate surface area is 103 Å². The molecule has 2 N–H and O–H groups in total. The Morgan fingerprint density at radius 2 is 1.88 bits per heavy atom. The molecular weight excluding hydrogens is 238 g/mol.